The van der Waals surface area contributed by atoms with E-state index in [1.807, 2.05) is 13.8 Å². The Morgan fingerprint density at radius 3 is 2.94 bits per heavy atom. The van der Waals surface area contributed by atoms with Gasteiger partial charge in [0.2, 0.25) is 5.95 Å². The van der Waals surface area contributed by atoms with E-state index in [9.17, 15) is 14.7 Å². The SMILES string of the molecule is CC(C(=O)O)n1cnn2cc(-c3nc(N[C@@H]4CCOC(C)(C)C4)ncc3Cl)cc2c1=O. The summed E-state index contributed by atoms with van der Waals surface area (Å²) in [5.41, 5.74) is 0.565. The maximum Gasteiger partial charge on any atom is 0.326 e. The van der Waals surface area contributed by atoms with Crippen LogP contribution in [0.4, 0.5) is 5.95 Å². The predicted molar refractivity (Wildman–Crippen MR) is 115 cm³/mol. The molecule has 2 atom stereocenters. The molecule has 3 aromatic heterocycles. The third-order valence-electron chi connectivity index (χ3n) is 5.38. The van der Waals surface area contributed by atoms with Crippen LogP contribution in [0.5, 0.6) is 0 Å². The van der Waals surface area contributed by atoms with Crippen LogP contribution in [0.3, 0.4) is 0 Å². The number of carboxylic acids is 1. The second kappa shape index (κ2) is 7.93. The summed E-state index contributed by atoms with van der Waals surface area (Å²) in [7, 11) is 0. The molecule has 1 aliphatic heterocycles. The molecule has 0 aliphatic carbocycles. The van der Waals surface area contributed by atoms with E-state index < -0.39 is 17.6 Å². The molecule has 164 valence electrons. The van der Waals surface area contributed by atoms with Crippen molar-refractivity contribution in [1.29, 1.82) is 0 Å². The third-order valence-corrected chi connectivity index (χ3v) is 5.65. The van der Waals surface area contributed by atoms with Crippen molar-refractivity contribution >= 4 is 29.0 Å². The van der Waals surface area contributed by atoms with E-state index in [1.54, 1.807) is 12.3 Å². The molecule has 31 heavy (non-hydrogen) atoms. The molecule has 0 aromatic carbocycles. The molecule has 2 N–H and O–H groups in total. The fourth-order valence-corrected chi connectivity index (χ4v) is 3.90. The monoisotopic (exact) mass is 446 g/mol. The highest BCUT2D eigenvalue weighted by Crippen LogP contribution is 2.29. The molecule has 3 aromatic rings. The van der Waals surface area contributed by atoms with Crippen LogP contribution < -0.4 is 10.9 Å². The molecule has 0 radical (unpaired) electrons. The Hall–Kier alpha value is -2.98. The minimum atomic E-state index is -1.12. The van der Waals surface area contributed by atoms with Crippen LogP contribution in [0.15, 0.2) is 29.6 Å². The van der Waals surface area contributed by atoms with Gasteiger partial charge < -0.3 is 15.2 Å². The number of fused-ring (bicyclic) bond motifs is 1. The molecule has 0 spiro atoms. The molecular weight excluding hydrogens is 424 g/mol. The van der Waals surface area contributed by atoms with E-state index in [1.165, 1.54) is 24.0 Å². The van der Waals surface area contributed by atoms with Gasteiger partial charge in [0.15, 0.2) is 0 Å². The lowest BCUT2D eigenvalue weighted by atomic mass is 9.94. The van der Waals surface area contributed by atoms with Crippen LogP contribution in [-0.2, 0) is 9.53 Å². The van der Waals surface area contributed by atoms with Gasteiger partial charge in [-0.15, -0.1) is 0 Å². The fraction of sp³-hybridized carbons (Fsp3) is 0.450. The molecule has 0 saturated carbocycles. The van der Waals surface area contributed by atoms with E-state index in [2.05, 4.69) is 20.4 Å². The van der Waals surface area contributed by atoms with Gasteiger partial charge in [0.25, 0.3) is 5.56 Å². The molecule has 0 amide bonds. The Balaban J connectivity index is 1.67. The van der Waals surface area contributed by atoms with E-state index >= 15 is 0 Å². The fourth-order valence-electron chi connectivity index (χ4n) is 3.70. The maximum atomic E-state index is 12.7. The van der Waals surface area contributed by atoms with Gasteiger partial charge in [-0.1, -0.05) is 11.6 Å². The minimum Gasteiger partial charge on any atom is -0.480 e. The van der Waals surface area contributed by atoms with Crippen molar-refractivity contribution in [3.05, 3.63) is 40.2 Å². The highest BCUT2D eigenvalue weighted by molar-refractivity contribution is 6.32. The standard InChI is InChI=1S/C20H23ClN6O4/c1-11(18(29)30)26-10-23-27-9-12(6-15(27)17(26)28)16-14(21)8-22-19(25-16)24-13-4-5-31-20(2,3)7-13/h6,8-11,13H,4-5,7H2,1-3H3,(H,29,30)(H,22,24,25)/t11?,13-/m1/s1. The second-order valence-electron chi connectivity index (χ2n) is 8.25. The Kier molecular flexibility index (Phi) is 5.44. The zero-order valence-electron chi connectivity index (χ0n) is 17.4. The molecule has 0 bridgehead atoms. The highest BCUT2D eigenvalue weighted by atomic mass is 35.5. The molecule has 10 nitrogen and oxygen atoms in total. The molecule has 4 heterocycles. The molecule has 11 heteroatoms. The van der Waals surface area contributed by atoms with Crippen LogP contribution in [-0.4, -0.2) is 53.5 Å². The van der Waals surface area contributed by atoms with Crippen molar-refractivity contribution < 1.29 is 14.6 Å². The molecule has 1 unspecified atom stereocenters. The van der Waals surface area contributed by atoms with Crippen LogP contribution in [0.25, 0.3) is 16.8 Å². The quantitative estimate of drug-likeness (QED) is 0.613. The minimum absolute atomic E-state index is 0.164. The summed E-state index contributed by atoms with van der Waals surface area (Å²) in [5.74, 6) is -0.687. The van der Waals surface area contributed by atoms with E-state index in [4.69, 9.17) is 16.3 Å². The van der Waals surface area contributed by atoms with Gasteiger partial charge >= 0.3 is 5.97 Å². The first-order chi connectivity index (χ1) is 14.6. The van der Waals surface area contributed by atoms with Crippen LogP contribution in [0.2, 0.25) is 5.02 Å². The first-order valence-corrected chi connectivity index (χ1v) is 10.3. The molecular formula is C20H23ClN6O4. The van der Waals surface area contributed by atoms with Gasteiger partial charge in [0.05, 0.1) is 22.5 Å². The van der Waals surface area contributed by atoms with Crippen LogP contribution in [0, 0.1) is 0 Å². The zero-order valence-corrected chi connectivity index (χ0v) is 18.1. The van der Waals surface area contributed by atoms with Gasteiger partial charge in [-0.3, -0.25) is 9.36 Å². The van der Waals surface area contributed by atoms with Crippen molar-refractivity contribution in [2.45, 2.75) is 51.3 Å². The first-order valence-electron chi connectivity index (χ1n) is 9.90. The van der Waals surface area contributed by atoms with Gasteiger partial charge in [0.1, 0.15) is 17.9 Å². The first kappa shape index (κ1) is 21.3. The lowest BCUT2D eigenvalue weighted by Gasteiger charge is -2.35. The van der Waals surface area contributed by atoms with E-state index in [-0.39, 0.29) is 17.2 Å². The smallest absolute Gasteiger partial charge is 0.326 e. The van der Waals surface area contributed by atoms with Gasteiger partial charge in [-0.25, -0.2) is 19.3 Å². The summed E-state index contributed by atoms with van der Waals surface area (Å²) in [6, 6.07) is 0.721. The molecule has 1 saturated heterocycles. The molecule has 1 fully saturated rings. The van der Waals surface area contributed by atoms with Crippen molar-refractivity contribution in [3.8, 4) is 11.3 Å². The number of nitrogens with one attached hydrogen (secondary N) is 1. The number of carboxylic acid groups (broad SMARTS) is 1. The summed E-state index contributed by atoms with van der Waals surface area (Å²) in [6.45, 7) is 6.17. The Morgan fingerprint density at radius 1 is 1.45 bits per heavy atom. The Labute approximate surface area is 182 Å². The average molecular weight is 447 g/mol. The summed E-state index contributed by atoms with van der Waals surface area (Å²) < 4.78 is 8.21. The van der Waals surface area contributed by atoms with Crippen LogP contribution >= 0.6 is 11.6 Å². The second-order valence-corrected chi connectivity index (χ2v) is 8.66. The average Bonchev–Trinajstić information content (AvgIpc) is 3.13. The van der Waals surface area contributed by atoms with Crippen molar-refractivity contribution in [3.63, 3.8) is 0 Å². The zero-order chi connectivity index (χ0) is 22.3. The number of rotatable bonds is 5. The summed E-state index contributed by atoms with van der Waals surface area (Å²) in [6.07, 6.45) is 6.00. The summed E-state index contributed by atoms with van der Waals surface area (Å²) >= 11 is 6.35. The van der Waals surface area contributed by atoms with E-state index in [0.717, 1.165) is 17.4 Å². The lowest BCUT2D eigenvalue weighted by molar-refractivity contribution is -0.140. The van der Waals surface area contributed by atoms with Crippen molar-refractivity contribution in [2.75, 3.05) is 11.9 Å². The number of hydrogen-bond donors (Lipinski definition) is 2. The molecule has 4 rings (SSSR count). The topological polar surface area (TPSA) is 124 Å². The summed E-state index contributed by atoms with van der Waals surface area (Å²) in [4.78, 5) is 32.8. The largest absolute Gasteiger partial charge is 0.480 e. The predicted octanol–water partition coefficient (Wildman–Crippen LogP) is 2.62. The van der Waals surface area contributed by atoms with Gasteiger partial charge in [-0.05, 0) is 39.7 Å². The lowest BCUT2D eigenvalue weighted by Crippen LogP contribution is -2.40. The number of hydrogen-bond acceptors (Lipinski definition) is 7. The van der Waals surface area contributed by atoms with E-state index in [0.29, 0.717) is 28.8 Å². The number of halogens is 1. The third kappa shape index (κ3) is 4.26. The van der Waals surface area contributed by atoms with Crippen molar-refractivity contribution in [1.82, 2.24) is 24.1 Å². The van der Waals surface area contributed by atoms with Gasteiger partial charge in [0, 0.05) is 24.4 Å². The maximum absolute atomic E-state index is 12.7. The van der Waals surface area contributed by atoms with Gasteiger partial charge in [-0.2, -0.15) is 5.10 Å². The number of anilines is 1. The number of nitrogens with zero attached hydrogens (tertiary/aromatic N) is 5. The summed E-state index contributed by atoms with van der Waals surface area (Å²) in [5, 5.41) is 17.0. The Bertz CT molecular complexity index is 1200. The Morgan fingerprint density at radius 2 is 2.23 bits per heavy atom. The number of aromatic nitrogens is 5. The number of ether oxygens (including phenoxy) is 1. The van der Waals surface area contributed by atoms with Crippen LogP contribution in [0.1, 0.15) is 39.7 Å². The number of carbonyl (C=O) groups is 1. The number of aliphatic carboxylic acids is 1. The van der Waals surface area contributed by atoms with Crippen molar-refractivity contribution in [2.24, 2.45) is 0 Å². The molecule has 1 aliphatic rings. The normalized spacial score (nSPS) is 19.3. The highest BCUT2D eigenvalue weighted by Gasteiger charge is 2.29.